The van der Waals surface area contributed by atoms with Crippen molar-refractivity contribution in [1.29, 1.82) is 0 Å². The molecule has 0 atom stereocenters. The van der Waals surface area contributed by atoms with Crippen molar-refractivity contribution in [3.05, 3.63) is 118 Å². The van der Waals surface area contributed by atoms with E-state index in [0.29, 0.717) is 22.5 Å². The lowest BCUT2D eigenvalue weighted by Gasteiger charge is -2.21. The van der Waals surface area contributed by atoms with Gasteiger partial charge in [0.05, 0.1) is 32.9 Å². The highest BCUT2D eigenvalue weighted by Gasteiger charge is 2.25. The summed E-state index contributed by atoms with van der Waals surface area (Å²) in [5, 5.41) is 0. The molecule has 204 valence electrons. The van der Waals surface area contributed by atoms with Gasteiger partial charge >= 0.3 is 11.7 Å². The monoisotopic (exact) mass is 542 g/mol. The largest absolute Gasteiger partial charge is 0.497 e. The first-order chi connectivity index (χ1) is 19.4. The highest BCUT2D eigenvalue weighted by atomic mass is 19.1. The number of fused-ring (bicyclic) bond motifs is 1. The molecular weight excluding hydrogens is 515 g/mol. The van der Waals surface area contributed by atoms with Crippen molar-refractivity contribution in [2.75, 3.05) is 21.3 Å². The quantitative estimate of drug-likeness (QED) is 0.234. The normalized spacial score (nSPS) is 11.1. The highest BCUT2D eigenvalue weighted by Crippen LogP contribution is 2.36. The van der Waals surface area contributed by atoms with E-state index in [9.17, 15) is 14.0 Å². The second kappa shape index (κ2) is 11.0. The van der Waals surface area contributed by atoms with E-state index in [1.54, 1.807) is 38.0 Å². The predicted molar refractivity (Wildman–Crippen MR) is 148 cm³/mol. The Hall–Kier alpha value is -5.05. The number of para-hydroxylation sites is 1. The van der Waals surface area contributed by atoms with Gasteiger partial charge in [-0.25, -0.2) is 14.0 Å². The first-order valence-corrected chi connectivity index (χ1v) is 12.4. The molecule has 0 aliphatic heterocycles. The van der Waals surface area contributed by atoms with Crippen LogP contribution in [0.25, 0.3) is 11.0 Å². The van der Waals surface area contributed by atoms with Crippen LogP contribution in [0.2, 0.25) is 0 Å². The number of ether oxygens (including phenoxy) is 4. The minimum atomic E-state index is -0.673. The third-order valence-corrected chi connectivity index (χ3v) is 6.76. The molecule has 1 aromatic heterocycles. The first-order valence-electron chi connectivity index (χ1n) is 12.4. The number of halogens is 1. The van der Waals surface area contributed by atoms with E-state index in [1.165, 1.54) is 17.7 Å². The molecule has 0 radical (unpaired) electrons. The lowest BCUT2D eigenvalue weighted by Crippen LogP contribution is -2.27. The number of aromatic nitrogens is 2. The molecule has 0 aliphatic rings. The Morgan fingerprint density at radius 3 is 1.95 bits per heavy atom. The van der Waals surface area contributed by atoms with Crippen LogP contribution in [0.3, 0.4) is 0 Å². The number of carbonyl (C=O) groups is 1. The fourth-order valence-corrected chi connectivity index (χ4v) is 4.78. The molecule has 0 unspecified atom stereocenters. The molecule has 0 saturated heterocycles. The summed E-state index contributed by atoms with van der Waals surface area (Å²) in [6.07, 6.45) is 0. The van der Waals surface area contributed by atoms with Crippen molar-refractivity contribution in [1.82, 2.24) is 9.13 Å². The van der Waals surface area contributed by atoms with Crippen molar-refractivity contribution in [3.8, 4) is 23.0 Å². The third kappa shape index (κ3) is 4.77. The molecule has 0 amide bonds. The standard InChI is InChI=1S/C31H27FN2O6/c1-33-29-25(6-5-7-26(29)40-27-18-21(32)12-17-24(27)30(35)39-4)34(31(33)36)28(19-8-13-22(37-2)14-9-19)20-10-15-23(38-3)16-11-20/h5-18,28H,1-4H3. The average Bonchev–Trinajstić information content (AvgIpc) is 3.23. The van der Waals surface area contributed by atoms with Crippen LogP contribution in [0.5, 0.6) is 23.0 Å². The molecule has 4 aromatic carbocycles. The van der Waals surface area contributed by atoms with E-state index in [-0.39, 0.29) is 22.8 Å². The Morgan fingerprint density at radius 2 is 1.40 bits per heavy atom. The molecule has 0 bridgehead atoms. The number of aryl methyl sites for hydroxylation is 1. The zero-order valence-corrected chi connectivity index (χ0v) is 22.4. The maximum Gasteiger partial charge on any atom is 0.341 e. The van der Waals surface area contributed by atoms with Crippen molar-refractivity contribution in [3.63, 3.8) is 0 Å². The number of esters is 1. The average molecular weight is 543 g/mol. The van der Waals surface area contributed by atoms with Gasteiger partial charge in [0.2, 0.25) is 0 Å². The summed E-state index contributed by atoms with van der Waals surface area (Å²) in [4.78, 5) is 26.2. The van der Waals surface area contributed by atoms with E-state index in [1.807, 2.05) is 54.6 Å². The van der Waals surface area contributed by atoms with E-state index in [2.05, 4.69) is 0 Å². The Bertz CT molecular complexity index is 1690. The van der Waals surface area contributed by atoms with Gasteiger partial charge in [-0.3, -0.25) is 9.13 Å². The zero-order valence-electron chi connectivity index (χ0n) is 22.4. The van der Waals surface area contributed by atoms with Crippen LogP contribution in [0.15, 0.2) is 89.7 Å². The van der Waals surface area contributed by atoms with Crippen molar-refractivity contribution < 1.29 is 28.1 Å². The number of hydrogen-bond acceptors (Lipinski definition) is 6. The maximum atomic E-state index is 14.2. The Labute approximate surface area is 229 Å². The molecular formula is C31H27FN2O6. The Kier molecular flexibility index (Phi) is 7.29. The van der Waals surface area contributed by atoms with Gasteiger partial charge in [-0.15, -0.1) is 0 Å². The van der Waals surface area contributed by atoms with Crippen molar-refractivity contribution >= 4 is 17.0 Å². The second-order valence-corrected chi connectivity index (χ2v) is 9.02. The van der Waals surface area contributed by atoms with Gasteiger partial charge in [-0.1, -0.05) is 30.3 Å². The summed E-state index contributed by atoms with van der Waals surface area (Å²) in [6, 6.07) is 23.3. The topological polar surface area (TPSA) is 80.9 Å². The molecule has 0 spiro atoms. The molecule has 5 aromatic rings. The molecule has 0 fully saturated rings. The molecule has 0 N–H and O–H groups in total. The predicted octanol–water partition coefficient (Wildman–Crippen LogP) is 5.71. The SMILES string of the molecule is COC(=O)c1ccc(F)cc1Oc1cccc2c1n(C)c(=O)n2C(c1ccc(OC)cc1)c1ccc(OC)cc1. The van der Waals surface area contributed by atoms with Gasteiger partial charge in [0.1, 0.15) is 34.1 Å². The van der Waals surface area contributed by atoms with E-state index < -0.39 is 17.8 Å². The van der Waals surface area contributed by atoms with E-state index in [0.717, 1.165) is 23.3 Å². The third-order valence-electron chi connectivity index (χ3n) is 6.76. The molecule has 0 aliphatic carbocycles. The molecule has 9 heteroatoms. The summed E-state index contributed by atoms with van der Waals surface area (Å²) >= 11 is 0. The van der Waals surface area contributed by atoms with E-state index in [4.69, 9.17) is 18.9 Å². The van der Waals surface area contributed by atoms with Crippen LogP contribution in [-0.2, 0) is 11.8 Å². The van der Waals surface area contributed by atoms with Gasteiger partial charge in [0, 0.05) is 13.1 Å². The van der Waals surface area contributed by atoms with Crippen LogP contribution < -0.4 is 19.9 Å². The van der Waals surface area contributed by atoms with Crippen LogP contribution in [0.4, 0.5) is 4.39 Å². The summed E-state index contributed by atoms with van der Waals surface area (Å²) in [7, 11) is 6.06. The zero-order chi connectivity index (χ0) is 28.4. The minimum Gasteiger partial charge on any atom is -0.497 e. The molecule has 1 heterocycles. The van der Waals surface area contributed by atoms with Gasteiger partial charge in [-0.05, 0) is 59.7 Å². The van der Waals surface area contributed by atoms with Gasteiger partial charge in [-0.2, -0.15) is 0 Å². The first kappa shape index (κ1) is 26.6. The lowest BCUT2D eigenvalue weighted by atomic mass is 9.98. The molecule has 40 heavy (non-hydrogen) atoms. The number of carbonyl (C=O) groups excluding carboxylic acids is 1. The number of hydrogen-bond donors (Lipinski definition) is 0. The maximum absolute atomic E-state index is 14.2. The Morgan fingerprint density at radius 1 is 0.800 bits per heavy atom. The molecule has 5 rings (SSSR count). The van der Waals surface area contributed by atoms with E-state index >= 15 is 0 Å². The summed E-state index contributed by atoms with van der Waals surface area (Å²) in [6.45, 7) is 0. The molecule has 8 nitrogen and oxygen atoms in total. The van der Waals surface area contributed by atoms with Crippen LogP contribution in [-0.4, -0.2) is 36.4 Å². The minimum absolute atomic E-state index is 0.0265. The summed E-state index contributed by atoms with van der Waals surface area (Å²) < 4.78 is 38.9. The van der Waals surface area contributed by atoms with Crippen molar-refractivity contribution in [2.24, 2.45) is 7.05 Å². The fourth-order valence-electron chi connectivity index (χ4n) is 4.78. The van der Waals surface area contributed by atoms with Gasteiger partial charge in [0.15, 0.2) is 5.75 Å². The van der Waals surface area contributed by atoms with Gasteiger partial charge in [0.25, 0.3) is 0 Å². The number of methoxy groups -OCH3 is 3. The number of imidazole rings is 1. The number of benzene rings is 4. The molecule has 0 saturated carbocycles. The van der Waals surface area contributed by atoms with Crippen molar-refractivity contribution in [2.45, 2.75) is 6.04 Å². The van der Waals surface area contributed by atoms with Crippen LogP contribution >= 0.6 is 0 Å². The number of nitrogens with zero attached hydrogens (tertiary/aromatic N) is 2. The second-order valence-electron chi connectivity index (χ2n) is 9.02. The summed E-state index contributed by atoms with van der Waals surface area (Å²) in [5.74, 6) is 0.369. The summed E-state index contributed by atoms with van der Waals surface area (Å²) in [5.41, 5.74) is 2.52. The highest BCUT2D eigenvalue weighted by molar-refractivity contribution is 5.93. The Balaban J connectivity index is 1.71. The van der Waals surface area contributed by atoms with Crippen LogP contribution in [0.1, 0.15) is 27.5 Å². The van der Waals surface area contributed by atoms with Gasteiger partial charge < -0.3 is 18.9 Å². The smallest absolute Gasteiger partial charge is 0.341 e. The van der Waals surface area contributed by atoms with Crippen LogP contribution in [0, 0.1) is 5.82 Å². The fraction of sp³-hybridized carbons (Fsp3) is 0.161. The number of rotatable bonds is 8. The lowest BCUT2D eigenvalue weighted by molar-refractivity contribution is 0.0598.